The molecule has 0 aliphatic carbocycles. The van der Waals surface area contributed by atoms with Gasteiger partial charge in [0, 0.05) is 17.6 Å². The van der Waals surface area contributed by atoms with Gasteiger partial charge in [-0.25, -0.2) is 0 Å². The van der Waals surface area contributed by atoms with E-state index in [-0.39, 0.29) is 11.8 Å². The Labute approximate surface area is 154 Å². The number of aryl methyl sites for hydroxylation is 1. The third-order valence-corrected chi connectivity index (χ3v) is 6.38. The number of nitrogens with one attached hydrogen (secondary N) is 1. The third kappa shape index (κ3) is 3.00. The maximum atomic E-state index is 12.7. The summed E-state index contributed by atoms with van der Waals surface area (Å²) in [4.78, 5) is 27.8. The first-order valence-corrected chi connectivity index (χ1v) is 9.48. The van der Waals surface area contributed by atoms with Gasteiger partial charge in [0.15, 0.2) is 0 Å². The van der Waals surface area contributed by atoms with Gasteiger partial charge in [0.1, 0.15) is 5.54 Å². The number of nitrogens with zero attached hydrogens (tertiary/aromatic N) is 1. The van der Waals surface area contributed by atoms with E-state index in [1.807, 2.05) is 49.6 Å². The van der Waals surface area contributed by atoms with Gasteiger partial charge in [-0.05, 0) is 48.9 Å². The van der Waals surface area contributed by atoms with Crippen LogP contribution in [-0.4, -0.2) is 28.8 Å². The second kappa shape index (κ2) is 6.69. The maximum Gasteiger partial charge on any atom is 0.265 e. The first kappa shape index (κ1) is 17.2. The highest BCUT2D eigenvalue weighted by Gasteiger charge is 2.49. The van der Waals surface area contributed by atoms with Crippen LogP contribution >= 0.6 is 27.3 Å². The van der Waals surface area contributed by atoms with Crippen LogP contribution in [0.1, 0.15) is 34.1 Å². The van der Waals surface area contributed by atoms with Crippen LogP contribution in [0.5, 0.6) is 0 Å². The second-order valence-electron chi connectivity index (χ2n) is 6.19. The predicted molar refractivity (Wildman–Crippen MR) is 99.1 cm³/mol. The average molecular weight is 407 g/mol. The molecule has 0 saturated carbocycles. The Morgan fingerprint density at radius 3 is 2.67 bits per heavy atom. The Balaban J connectivity index is 1.69. The zero-order valence-electron chi connectivity index (χ0n) is 13.6. The largest absolute Gasteiger partial charge is 0.350 e. The van der Waals surface area contributed by atoms with Gasteiger partial charge < -0.3 is 10.2 Å². The zero-order valence-corrected chi connectivity index (χ0v) is 16.0. The van der Waals surface area contributed by atoms with E-state index >= 15 is 0 Å². The van der Waals surface area contributed by atoms with Crippen LogP contribution < -0.4 is 5.32 Å². The minimum atomic E-state index is -0.769. The summed E-state index contributed by atoms with van der Waals surface area (Å²) in [6.45, 7) is 4.83. The van der Waals surface area contributed by atoms with Crippen molar-refractivity contribution in [2.24, 2.45) is 0 Å². The predicted octanol–water partition coefficient (Wildman–Crippen LogP) is 3.74. The molecule has 1 aromatic carbocycles. The fraction of sp³-hybridized carbons (Fsp3) is 0.333. The maximum absolute atomic E-state index is 12.7. The summed E-state index contributed by atoms with van der Waals surface area (Å²) in [7, 11) is 0. The molecule has 2 aromatic rings. The molecular weight excluding hydrogens is 388 g/mol. The molecule has 126 valence electrons. The van der Waals surface area contributed by atoms with Gasteiger partial charge in [-0.15, -0.1) is 11.3 Å². The first-order chi connectivity index (χ1) is 11.4. The van der Waals surface area contributed by atoms with E-state index in [1.165, 1.54) is 11.3 Å². The van der Waals surface area contributed by atoms with Crippen molar-refractivity contribution >= 4 is 39.1 Å². The minimum absolute atomic E-state index is 0.0488. The molecule has 24 heavy (non-hydrogen) atoms. The molecule has 0 spiro atoms. The Bertz CT molecular complexity index is 789. The molecule has 4 nitrogen and oxygen atoms in total. The van der Waals surface area contributed by atoms with Crippen LogP contribution in [0.15, 0.2) is 40.2 Å². The van der Waals surface area contributed by atoms with E-state index in [1.54, 1.807) is 4.90 Å². The lowest BCUT2D eigenvalue weighted by Gasteiger charge is -2.49. The lowest BCUT2D eigenvalue weighted by molar-refractivity contribution is -0.137. The molecule has 1 aromatic heterocycles. The number of carbonyl (C=O) groups is 2. The normalized spacial score (nSPS) is 19.7. The minimum Gasteiger partial charge on any atom is -0.350 e. The molecule has 1 N–H and O–H groups in total. The van der Waals surface area contributed by atoms with Crippen LogP contribution in [0.3, 0.4) is 0 Å². The fourth-order valence-corrected chi connectivity index (χ4v) is 4.14. The summed E-state index contributed by atoms with van der Waals surface area (Å²) in [5.41, 5.74) is 1.21. The molecule has 1 atom stereocenters. The van der Waals surface area contributed by atoms with Gasteiger partial charge in [0.2, 0.25) is 5.91 Å². The van der Waals surface area contributed by atoms with Gasteiger partial charge in [-0.1, -0.05) is 34.1 Å². The number of thiophene rings is 1. The van der Waals surface area contributed by atoms with Gasteiger partial charge in [-0.3, -0.25) is 9.59 Å². The highest BCUT2D eigenvalue weighted by atomic mass is 79.9. The van der Waals surface area contributed by atoms with E-state index in [4.69, 9.17) is 0 Å². The van der Waals surface area contributed by atoms with E-state index < -0.39 is 5.54 Å². The topological polar surface area (TPSA) is 49.4 Å². The number of carbonyl (C=O) groups excluding carboxylic acids is 2. The molecule has 1 fully saturated rings. The van der Waals surface area contributed by atoms with Crippen molar-refractivity contribution in [1.29, 1.82) is 0 Å². The highest BCUT2D eigenvalue weighted by molar-refractivity contribution is 9.10. The lowest BCUT2D eigenvalue weighted by atomic mass is 9.85. The second-order valence-corrected chi connectivity index (χ2v) is 7.96. The standard InChI is InChI=1S/C18H19BrN2O2S/c1-12-7-10-24-15(12)16(22)21-9-8-18(21,2)17(23)20-11-13-5-3-4-6-14(13)19/h3-7,10H,8-9,11H2,1-2H3,(H,20,23). The number of hydrogen-bond donors (Lipinski definition) is 1. The van der Waals surface area contributed by atoms with Crippen molar-refractivity contribution in [3.8, 4) is 0 Å². The number of likely N-dealkylation sites (tertiary alicyclic amines) is 1. The van der Waals surface area contributed by atoms with Crippen molar-refractivity contribution in [3.63, 3.8) is 0 Å². The Hall–Kier alpha value is -1.66. The lowest BCUT2D eigenvalue weighted by Crippen LogP contribution is -2.67. The van der Waals surface area contributed by atoms with Gasteiger partial charge >= 0.3 is 0 Å². The van der Waals surface area contributed by atoms with Gasteiger partial charge in [0.05, 0.1) is 4.88 Å². The van der Waals surface area contributed by atoms with Crippen molar-refractivity contribution in [3.05, 3.63) is 56.2 Å². The summed E-state index contributed by atoms with van der Waals surface area (Å²) in [6, 6.07) is 9.72. The monoisotopic (exact) mass is 406 g/mol. The van der Waals surface area contributed by atoms with Crippen molar-refractivity contribution in [2.45, 2.75) is 32.4 Å². The Morgan fingerprint density at radius 1 is 1.33 bits per heavy atom. The van der Waals surface area contributed by atoms with Crippen molar-refractivity contribution in [2.75, 3.05) is 6.54 Å². The fourth-order valence-electron chi connectivity index (χ4n) is 2.84. The quantitative estimate of drug-likeness (QED) is 0.840. The summed E-state index contributed by atoms with van der Waals surface area (Å²) >= 11 is 4.91. The summed E-state index contributed by atoms with van der Waals surface area (Å²) in [6.07, 6.45) is 0.685. The van der Waals surface area contributed by atoms with E-state index in [9.17, 15) is 9.59 Å². The highest BCUT2D eigenvalue weighted by Crippen LogP contribution is 2.34. The molecule has 0 radical (unpaired) electrons. The number of benzene rings is 1. The molecule has 3 rings (SSSR count). The third-order valence-electron chi connectivity index (χ3n) is 4.61. The van der Waals surface area contributed by atoms with Gasteiger partial charge in [-0.2, -0.15) is 0 Å². The number of halogens is 1. The molecule has 1 aliphatic rings. The summed E-state index contributed by atoms with van der Waals surface area (Å²) in [5.74, 6) is -0.153. The van der Waals surface area contributed by atoms with Crippen molar-refractivity contribution < 1.29 is 9.59 Å². The SMILES string of the molecule is Cc1ccsc1C(=O)N1CCC1(C)C(=O)NCc1ccccc1Br. The van der Waals surface area contributed by atoms with Crippen LogP contribution in [0, 0.1) is 6.92 Å². The summed E-state index contributed by atoms with van der Waals surface area (Å²) in [5, 5.41) is 4.88. The van der Waals surface area contributed by atoms with E-state index in [0.717, 1.165) is 20.5 Å². The molecule has 0 bridgehead atoms. The Morgan fingerprint density at radius 2 is 2.08 bits per heavy atom. The molecule has 1 saturated heterocycles. The number of rotatable bonds is 4. The van der Waals surface area contributed by atoms with Crippen LogP contribution in [0.4, 0.5) is 0 Å². The van der Waals surface area contributed by atoms with Crippen LogP contribution in [0.2, 0.25) is 0 Å². The van der Waals surface area contributed by atoms with E-state index in [0.29, 0.717) is 19.5 Å². The van der Waals surface area contributed by atoms with Crippen LogP contribution in [-0.2, 0) is 11.3 Å². The average Bonchev–Trinajstić information content (AvgIpc) is 2.98. The van der Waals surface area contributed by atoms with Gasteiger partial charge in [0.25, 0.3) is 5.91 Å². The summed E-state index contributed by atoms with van der Waals surface area (Å²) < 4.78 is 0.964. The Kier molecular flexibility index (Phi) is 4.78. The number of amides is 2. The smallest absolute Gasteiger partial charge is 0.265 e. The molecule has 2 amide bonds. The zero-order chi connectivity index (χ0) is 17.3. The van der Waals surface area contributed by atoms with Crippen molar-refractivity contribution in [1.82, 2.24) is 10.2 Å². The molecular formula is C18H19BrN2O2S. The first-order valence-electron chi connectivity index (χ1n) is 7.81. The molecule has 1 aliphatic heterocycles. The molecule has 6 heteroatoms. The number of hydrogen-bond acceptors (Lipinski definition) is 3. The van der Waals surface area contributed by atoms with E-state index in [2.05, 4.69) is 21.2 Å². The molecule has 2 heterocycles. The molecule has 1 unspecified atom stereocenters. The van der Waals surface area contributed by atoms with Crippen LogP contribution in [0.25, 0.3) is 0 Å².